The maximum absolute atomic E-state index is 12.7. The van der Waals surface area contributed by atoms with Crippen molar-refractivity contribution >= 4 is 27.6 Å². The van der Waals surface area contributed by atoms with Crippen LogP contribution in [0.2, 0.25) is 0 Å². The van der Waals surface area contributed by atoms with Crippen LogP contribution in [-0.4, -0.2) is 47.4 Å². The molecule has 0 atom stereocenters. The summed E-state index contributed by atoms with van der Waals surface area (Å²) in [7, 11) is 0.575. The second-order valence-corrected chi connectivity index (χ2v) is 8.33. The molecule has 0 fully saturated rings. The molecule has 10 heteroatoms. The van der Waals surface area contributed by atoms with Crippen LogP contribution in [0, 0.1) is 0 Å². The molecule has 2 aromatic carbocycles. The van der Waals surface area contributed by atoms with Crippen LogP contribution in [0.25, 0.3) is 6.08 Å². The van der Waals surface area contributed by atoms with Gasteiger partial charge in [0.1, 0.15) is 17.2 Å². The topological polar surface area (TPSA) is 134 Å². The van der Waals surface area contributed by atoms with Crippen molar-refractivity contribution in [3.63, 3.8) is 0 Å². The number of rotatable bonds is 11. The van der Waals surface area contributed by atoms with Gasteiger partial charge in [-0.1, -0.05) is 6.07 Å². The molecule has 0 aliphatic carbocycles. The molecule has 0 saturated carbocycles. The smallest absolute Gasteiger partial charge is 0.175 e. The number of carbonyl (C=O) groups excluding carboxylic acids is 1. The lowest BCUT2D eigenvalue weighted by Crippen LogP contribution is -2.30. The molecule has 0 aliphatic rings. The molecular formula is C21H24NO8S-. The average Bonchev–Trinajstić information content (AvgIpc) is 2.75. The Morgan fingerprint density at radius 3 is 2.16 bits per heavy atom. The Hall–Kier alpha value is -3.24. The van der Waals surface area contributed by atoms with E-state index in [0.29, 0.717) is 39.6 Å². The minimum Gasteiger partial charge on any atom is -0.548 e. The van der Waals surface area contributed by atoms with Gasteiger partial charge in [-0.05, 0) is 41.5 Å². The zero-order chi connectivity index (χ0) is 23.0. The zero-order valence-electron chi connectivity index (χ0n) is 17.4. The average molecular weight is 450 g/mol. The van der Waals surface area contributed by atoms with E-state index in [2.05, 4.69) is 5.32 Å². The van der Waals surface area contributed by atoms with E-state index in [1.54, 1.807) is 24.3 Å². The molecule has 168 valence electrons. The van der Waals surface area contributed by atoms with Gasteiger partial charge < -0.3 is 34.5 Å². The Morgan fingerprint density at radius 1 is 1.03 bits per heavy atom. The Morgan fingerprint density at radius 2 is 1.65 bits per heavy atom. The van der Waals surface area contributed by atoms with Crippen LogP contribution >= 0.6 is 0 Å². The van der Waals surface area contributed by atoms with Gasteiger partial charge in [0.25, 0.3) is 0 Å². The SMILES string of the molecule is COc1ccc(CS(=O)(=O)/C=C/c2c(OC)cc(CO)cc2OC)cc1NCC(=O)[O-]. The first kappa shape index (κ1) is 24.0. The van der Waals surface area contributed by atoms with Gasteiger partial charge in [0.15, 0.2) is 9.84 Å². The molecule has 0 heterocycles. The molecule has 0 unspecified atom stereocenters. The monoisotopic (exact) mass is 450 g/mol. The maximum Gasteiger partial charge on any atom is 0.175 e. The van der Waals surface area contributed by atoms with Crippen molar-refractivity contribution < 1.29 is 37.6 Å². The number of hydrogen-bond acceptors (Lipinski definition) is 9. The van der Waals surface area contributed by atoms with Crippen molar-refractivity contribution in [2.45, 2.75) is 12.4 Å². The van der Waals surface area contributed by atoms with E-state index >= 15 is 0 Å². The molecule has 0 spiro atoms. The highest BCUT2D eigenvalue weighted by molar-refractivity contribution is 7.93. The minimum absolute atomic E-state index is 0.221. The molecule has 0 amide bonds. The predicted octanol–water partition coefficient (Wildman–Crippen LogP) is 0.952. The number of aliphatic hydroxyl groups is 1. The van der Waals surface area contributed by atoms with Crippen LogP contribution in [0.15, 0.2) is 35.7 Å². The first-order valence-corrected chi connectivity index (χ1v) is 10.8. The molecule has 0 aromatic heterocycles. The summed E-state index contributed by atoms with van der Waals surface area (Å²) < 4.78 is 41.1. The van der Waals surface area contributed by atoms with E-state index in [0.717, 1.165) is 5.41 Å². The van der Waals surface area contributed by atoms with Crippen LogP contribution in [0.3, 0.4) is 0 Å². The van der Waals surface area contributed by atoms with Gasteiger partial charge in [-0.3, -0.25) is 0 Å². The second kappa shape index (κ2) is 10.7. The van der Waals surface area contributed by atoms with Gasteiger partial charge in [-0.2, -0.15) is 0 Å². The number of carboxylic acid groups (broad SMARTS) is 1. The summed E-state index contributed by atoms with van der Waals surface area (Å²) in [6.07, 6.45) is 1.37. The second-order valence-electron chi connectivity index (χ2n) is 6.44. The largest absolute Gasteiger partial charge is 0.548 e. The fourth-order valence-corrected chi connectivity index (χ4v) is 3.94. The van der Waals surface area contributed by atoms with Gasteiger partial charge in [-0.25, -0.2) is 8.42 Å². The summed E-state index contributed by atoms with van der Waals surface area (Å²) in [6, 6.07) is 7.81. The molecule has 9 nitrogen and oxygen atoms in total. The highest BCUT2D eigenvalue weighted by atomic mass is 32.2. The van der Waals surface area contributed by atoms with Crippen LogP contribution in [-0.2, 0) is 27.0 Å². The highest BCUT2D eigenvalue weighted by Gasteiger charge is 2.14. The molecular weight excluding hydrogens is 426 g/mol. The normalized spacial score (nSPS) is 11.4. The summed E-state index contributed by atoms with van der Waals surface area (Å²) >= 11 is 0. The number of anilines is 1. The predicted molar refractivity (Wildman–Crippen MR) is 114 cm³/mol. The number of aliphatic hydroxyl groups excluding tert-OH is 1. The standard InChI is InChI=1S/C21H25NO8S/c1-28-18-5-4-14(8-17(18)22-11-21(24)25)13-31(26,27)7-6-16-19(29-2)9-15(12-23)10-20(16)30-3/h4-10,22-23H,11-13H2,1-3H3,(H,24,25)/p-1/b7-6+. The van der Waals surface area contributed by atoms with Crippen LogP contribution in [0.1, 0.15) is 16.7 Å². The van der Waals surface area contributed by atoms with Gasteiger partial charge in [-0.15, -0.1) is 0 Å². The summed E-state index contributed by atoms with van der Waals surface area (Å²) in [5, 5.41) is 23.7. The van der Waals surface area contributed by atoms with E-state index in [4.69, 9.17) is 14.2 Å². The third-order valence-electron chi connectivity index (χ3n) is 4.28. The van der Waals surface area contributed by atoms with E-state index in [1.807, 2.05) is 0 Å². The van der Waals surface area contributed by atoms with Crippen molar-refractivity contribution in [1.29, 1.82) is 0 Å². The molecule has 0 bridgehead atoms. The number of carboxylic acids is 1. The van der Waals surface area contributed by atoms with Crippen molar-refractivity contribution in [1.82, 2.24) is 0 Å². The van der Waals surface area contributed by atoms with E-state index in [-0.39, 0.29) is 12.4 Å². The Labute approximate surface area is 180 Å². The van der Waals surface area contributed by atoms with E-state index < -0.39 is 22.4 Å². The maximum atomic E-state index is 12.7. The summed E-state index contributed by atoms with van der Waals surface area (Å²) in [6.45, 7) is -0.670. The van der Waals surface area contributed by atoms with Gasteiger partial charge in [0.05, 0.1) is 57.5 Å². The van der Waals surface area contributed by atoms with Crippen molar-refractivity contribution in [2.24, 2.45) is 0 Å². The zero-order valence-corrected chi connectivity index (χ0v) is 18.2. The Balaban J connectivity index is 2.31. The quantitative estimate of drug-likeness (QED) is 0.513. The van der Waals surface area contributed by atoms with Crippen molar-refractivity contribution in [3.8, 4) is 17.2 Å². The van der Waals surface area contributed by atoms with Gasteiger partial charge in [0, 0.05) is 5.41 Å². The first-order chi connectivity index (χ1) is 14.7. The first-order valence-electron chi connectivity index (χ1n) is 9.10. The molecule has 2 rings (SSSR count). The van der Waals surface area contributed by atoms with Gasteiger partial charge >= 0.3 is 0 Å². The number of benzene rings is 2. The lowest BCUT2D eigenvalue weighted by molar-refractivity contribution is -0.302. The fraction of sp³-hybridized carbons (Fsp3) is 0.286. The highest BCUT2D eigenvalue weighted by Crippen LogP contribution is 2.32. The summed E-state index contributed by atoms with van der Waals surface area (Å²) in [4.78, 5) is 10.7. The number of aliphatic carboxylic acids is 1. The fourth-order valence-electron chi connectivity index (χ4n) is 2.85. The van der Waals surface area contributed by atoms with E-state index in [9.17, 15) is 23.4 Å². The van der Waals surface area contributed by atoms with E-state index in [1.165, 1.54) is 33.5 Å². The van der Waals surface area contributed by atoms with Crippen LogP contribution < -0.4 is 24.6 Å². The van der Waals surface area contributed by atoms with Crippen molar-refractivity contribution in [2.75, 3.05) is 33.2 Å². The van der Waals surface area contributed by atoms with Crippen LogP contribution in [0.5, 0.6) is 17.2 Å². The molecule has 2 N–H and O–H groups in total. The van der Waals surface area contributed by atoms with Gasteiger partial charge in [0.2, 0.25) is 0 Å². The Bertz CT molecular complexity index is 1040. The lowest BCUT2D eigenvalue weighted by atomic mass is 10.1. The molecule has 0 aliphatic heterocycles. The third kappa shape index (κ3) is 6.63. The number of carbonyl (C=O) groups is 1. The summed E-state index contributed by atoms with van der Waals surface area (Å²) in [5.41, 5.74) is 1.74. The minimum atomic E-state index is -3.70. The number of nitrogens with one attached hydrogen (secondary N) is 1. The molecule has 0 saturated heterocycles. The molecule has 0 radical (unpaired) electrons. The number of hydrogen-bond donors (Lipinski definition) is 2. The lowest BCUT2D eigenvalue weighted by Gasteiger charge is -2.13. The molecule has 2 aromatic rings. The van der Waals surface area contributed by atoms with Crippen LogP contribution in [0.4, 0.5) is 5.69 Å². The summed E-state index contributed by atoms with van der Waals surface area (Å²) in [5.74, 6) is -0.553. The number of ether oxygens (including phenoxy) is 3. The number of methoxy groups -OCH3 is 3. The third-order valence-corrected chi connectivity index (χ3v) is 5.57. The van der Waals surface area contributed by atoms with Crippen molar-refractivity contribution in [3.05, 3.63) is 52.4 Å². The molecule has 31 heavy (non-hydrogen) atoms. The Kier molecular flexibility index (Phi) is 8.29. The number of sulfone groups is 1.